The van der Waals surface area contributed by atoms with E-state index in [9.17, 15) is 65.9 Å². The van der Waals surface area contributed by atoms with E-state index in [-0.39, 0.29) is 6.92 Å². The van der Waals surface area contributed by atoms with E-state index in [1.807, 2.05) is 0 Å². The van der Waals surface area contributed by atoms with E-state index in [4.69, 9.17) is 0 Å². The number of allylic oxidation sites excluding steroid dienone is 1. The molecular weight excluding hydrogens is 425 g/mol. The van der Waals surface area contributed by atoms with Gasteiger partial charge < -0.3 is 4.74 Å². The molecule has 0 saturated heterocycles. The standard InChI is InChI=1S/C9H3F15O2/c1-2(3(10)11)25-9(23,24)5(14,7(18,19)20)26-8(21,22)4(12,13)6(15,16)17/h1H3. The van der Waals surface area contributed by atoms with Crippen LogP contribution in [-0.4, -0.2) is 36.3 Å². The van der Waals surface area contributed by atoms with E-state index >= 15 is 0 Å². The molecule has 0 N–H and O–H groups in total. The van der Waals surface area contributed by atoms with Crippen molar-refractivity contribution in [3.63, 3.8) is 0 Å². The van der Waals surface area contributed by atoms with Gasteiger partial charge in [0.1, 0.15) is 0 Å². The van der Waals surface area contributed by atoms with Crippen LogP contribution in [0.2, 0.25) is 0 Å². The highest BCUT2D eigenvalue weighted by atomic mass is 19.4. The van der Waals surface area contributed by atoms with Crippen molar-refractivity contribution in [2.45, 2.75) is 43.3 Å². The second-order valence-corrected chi connectivity index (χ2v) is 4.22. The molecule has 156 valence electrons. The minimum Gasteiger partial charge on any atom is -0.427 e. The van der Waals surface area contributed by atoms with Gasteiger partial charge in [0.05, 0.1) is 0 Å². The summed E-state index contributed by atoms with van der Waals surface area (Å²) < 4.78 is 190. The number of alkyl halides is 13. The van der Waals surface area contributed by atoms with Crippen LogP contribution in [0.15, 0.2) is 11.8 Å². The van der Waals surface area contributed by atoms with E-state index < -0.39 is 48.2 Å². The fourth-order valence-corrected chi connectivity index (χ4v) is 0.984. The van der Waals surface area contributed by atoms with Gasteiger partial charge in [0, 0.05) is 0 Å². The van der Waals surface area contributed by atoms with Crippen LogP contribution in [0.4, 0.5) is 65.9 Å². The molecule has 0 amide bonds. The number of hydrogen-bond acceptors (Lipinski definition) is 2. The highest BCUT2D eigenvalue weighted by Crippen LogP contribution is 2.55. The smallest absolute Gasteiger partial charge is 0.427 e. The summed E-state index contributed by atoms with van der Waals surface area (Å²) in [4.78, 5) is 0. The molecule has 1 atom stereocenters. The monoisotopic (exact) mass is 428 g/mol. The molecule has 0 aliphatic carbocycles. The van der Waals surface area contributed by atoms with Crippen LogP contribution in [-0.2, 0) is 9.47 Å². The van der Waals surface area contributed by atoms with Crippen molar-refractivity contribution < 1.29 is 75.3 Å². The molecule has 0 fully saturated rings. The zero-order chi connectivity index (χ0) is 21.6. The summed E-state index contributed by atoms with van der Waals surface area (Å²) in [7, 11) is 0. The Hall–Kier alpha value is -1.55. The molecule has 0 radical (unpaired) electrons. The maximum atomic E-state index is 13.4. The van der Waals surface area contributed by atoms with Crippen molar-refractivity contribution in [3.8, 4) is 0 Å². The van der Waals surface area contributed by atoms with E-state index in [2.05, 4.69) is 4.74 Å². The molecule has 0 rings (SSSR count). The highest BCUT2D eigenvalue weighted by Gasteiger charge is 2.84. The van der Waals surface area contributed by atoms with Crippen LogP contribution in [0, 0.1) is 0 Å². The first-order valence-corrected chi connectivity index (χ1v) is 5.40. The third kappa shape index (κ3) is 4.22. The molecule has 0 heterocycles. The van der Waals surface area contributed by atoms with Gasteiger partial charge in [0.15, 0.2) is 5.76 Å². The topological polar surface area (TPSA) is 18.5 Å². The Bertz CT molecular complexity index is 540. The first-order valence-electron chi connectivity index (χ1n) is 5.40. The SMILES string of the molecule is CC(OC(F)(F)C(F)(OC(F)(F)C(F)(F)C(F)(F)F)C(F)(F)F)=C(F)F. The number of halogens is 15. The maximum absolute atomic E-state index is 13.4. The van der Waals surface area contributed by atoms with Crippen LogP contribution in [0.25, 0.3) is 0 Å². The molecule has 0 aromatic heterocycles. The first-order chi connectivity index (χ1) is 11.0. The molecule has 0 aromatic rings. The summed E-state index contributed by atoms with van der Waals surface area (Å²) in [6, 6.07) is 0. The number of rotatable bonds is 6. The molecule has 0 saturated carbocycles. The molecular formula is C9H3F15O2. The largest absolute Gasteiger partial charge is 0.469 e. The van der Waals surface area contributed by atoms with Gasteiger partial charge in [-0.05, 0) is 6.92 Å². The van der Waals surface area contributed by atoms with Crippen LogP contribution >= 0.6 is 0 Å². The van der Waals surface area contributed by atoms with Crippen LogP contribution in [0.5, 0.6) is 0 Å². The zero-order valence-corrected chi connectivity index (χ0v) is 11.5. The van der Waals surface area contributed by atoms with Gasteiger partial charge in [-0.25, -0.2) is 0 Å². The van der Waals surface area contributed by atoms with Crippen molar-refractivity contribution in [2.75, 3.05) is 0 Å². The van der Waals surface area contributed by atoms with Gasteiger partial charge in [0.2, 0.25) is 0 Å². The Morgan fingerprint density at radius 2 is 1.00 bits per heavy atom. The lowest BCUT2D eigenvalue weighted by Crippen LogP contribution is -2.65. The molecule has 1 unspecified atom stereocenters. The summed E-state index contributed by atoms with van der Waals surface area (Å²) in [6.45, 7) is -0.234. The summed E-state index contributed by atoms with van der Waals surface area (Å²) in [6.07, 6.45) is -32.7. The van der Waals surface area contributed by atoms with Crippen molar-refractivity contribution in [1.29, 1.82) is 0 Å². The van der Waals surface area contributed by atoms with Crippen LogP contribution in [0.3, 0.4) is 0 Å². The second kappa shape index (κ2) is 6.56. The molecule has 2 nitrogen and oxygen atoms in total. The summed E-state index contributed by atoms with van der Waals surface area (Å²) in [5, 5.41) is 0. The molecule has 0 aliphatic rings. The Kier molecular flexibility index (Phi) is 6.17. The molecule has 0 bridgehead atoms. The molecule has 0 aromatic carbocycles. The van der Waals surface area contributed by atoms with Gasteiger partial charge in [-0.15, -0.1) is 0 Å². The van der Waals surface area contributed by atoms with Crippen LogP contribution in [0.1, 0.15) is 6.92 Å². The molecule has 26 heavy (non-hydrogen) atoms. The minimum absolute atomic E-state index is 0.234. The average Bonchev–Trinajstić information content (AvgIpc) is 2.34. The summed E-state index contributed by atoms with van der Waals surface area (Å²) in [5.74, 6) is -17.5. The zero-order valence-electron chi connectivity index (χ0n) is 11.5. The van der Waals surface area contributed by atoms with Gasteiger partial charge in [-0.1, -0.05) is 0 Å². The van der Waals surface area contributed by atoms with Crippen LogP contribution < -0.4 is 0 Å². The Morgan fingerprint density at radius 1 is 0.615 bits per heavy atom. The van der Waals surface area contributed by atoms with Crippen molar-refractivity contribution in [3.05, 3.63) is 11.8 Å². The van der Waals surface area contributed by atoms with E-state index in [1.165, 1.54) is 4.74 Å². The lowest BCUT2D eigenvalue weighted by molar-refractivity contribution is -0.530. The fraction of sp³-hybridized carbons (Fsp3) is 0.778. The van der Waals surface area contributed by atoms with Crippen molar-refractivity contribution >= 4 is 0 Å². The van der Waals surface area contributed by atoms with E-state index in [0.717, 1.165) is 0 Å². The normalized spacial score (nSPS) is 16.9. The fourth-order valence-electron chi connectivity index (χ4n) is 0.984. The van der Waals surface area contributed by atoms with Gasteiger partial charge in [0.25, 0.3) is 0 Å². The van der Waals surface area contributed by atoms with E-state index in [0.29, 0.717) is 0 Å². The third-order valence-electron chi connectivity index (χ3n) is 2.28. The lowest BCUT2D eigenvalue weighted by Gasteiger charge is -2.37. The summed E-state index contributed by atoms with van der Waals surface area (Å²) in [5.41, 5.74) is 0. The van der Waals surface area contributed by atoms with Crippen molar-refractivity contribution in [1.82, 2.24) is 0 Å². The van der Waals surface area contributed by atoms with Gasteiger partial charge in [-0.2, -0.15) is 65.9 Å². The predicted molar refractivity (Wildman–Crippen MR) is 47.9 cm³/mol. The number of hydrogen-bond donors (Lipinski definition) is 0. The lowest BCUT2D eigenvalue weighted by atomic mass is 10.2. The average molecular weight is 428 g/mol. The minimum atomic E-state index is -7.59. The molecule has 0 spiro atoms. The maximum Gasteiger partial charge on any atom is 0.469 e. The quantitative estimate of drug-likeness (QED) is 0.396. The van der Waals surface area contributed by atoms with Crippen molar-refractivity contribution in [2.24, 2.45) is 0 Å². The third-order valence-corrected chi connectivity index (χ3v) is 2.28. The second-order valence-electron chi connectivity index (χ2n) is 4.22. The Labute approximate surface area is 132 Å². The van der Waals surface area contributed by atoms with Gasteiger partial charge in [-0.3, -0.25) is 4.74 Å². The molecule has 0 aliphatic heterocycles. The Balaban J connectivity index is 6.27. The highest BCUT2D eigenvalue weighted by molar-refractivity contribution is 4.97. The van der Waals surface area contributed by atoms with Gasteiger partial charge >= 0.3 is 42.4 Å². The predicted octanol–water partition coefficient (Wildman–Crippen LogP) is 5.76. The Morgan fingerprint density at radius 3 is 1.27 bits per heavy atom. The number of ether oxygens (including phenoxy) is 2. The molecule has 17 heteroatoms. The summed E-state index contributed by atoms with van der Waals surface area (Å²) >= 11 is 0. The first kappa shape index (κ1) is 24.5. The van der Waals surface area contributed by atoms with E-state index in [1.54, 1.807) is 0 Å².